The number of nitrogens with one attached hydrogen (secondary N) is 2. The van der Waals surface area contributed by atoms with E-state index < -0.39 is 34.7 Å². The molecule has 1 aliphatic carbocycles. The van der Waals surface area contributed by atoms with Crippen LogP contribution in [0.4, 0.5) is 37.7 Å². The smallest absolute Gasteiger partial charge is 0.404 e. The highest BCUT2D eigenvalue weighted by molar-refractivity contribution is 7.90. The van der Waals surface area contributed by atoms with Gasteiger partial charge in [-0.15, -0.1) is 13.2 Å². The molecule has 1 heterocycles. The van der Waals surface area contributed by atoms with Gasteiger partial charge >= 0.3 is 12.5 Å². The summed E-state index contributed by atoms with van der Waals surface area (Å²) >= 11 is 0. The largest absolute Gasteiger partial charge is 0.573 e. The second kappa shape index (κ2) is 12.6. The van der Waals surface area contributed by atoms with Gasteiger partial charge in [0.2, 0.25) is 0 Å². The number of aromatic nitrogens is 1. The lowest BCUT2D eigenvalue weighted by Gasteiger charge is -2.33. The topological polar surface area (TPSA) is 75.6 Å². The van der Waals surface area contributed by atoms with Crippen LogP contribution in [0.1, 0.15) is 31.4 Å². The average molecular weight is 631 g/mol. The first-order valence-corrected chi connectivity index (χ1v) is 15.3. The van der Waals surface area contributed by atoms with Crippen molar-refractivity contribution in [3.63, 3.8) is 0 Å². The van der Waals surface area contributed by atoms with Crippen LogP contribution in [0.5, 0.6) is 5.75 Å². The van der Waals surface area contributed by atoms with E-state index in [0.29, 0.717) is 22.6 Å². The van der Waals surface area contributed by atoms with Crippen molar-refractivity contribution in [3.8, 4) is 17.6 Å². The van der Waals surface area contributed by atoms with Crippen molar-refractivity contribution in [2.45, 2.75) is 61.7 Å². The molecule has 2 aromatic carbocycles. The molecule has 0 radical (unpaired) electrons. The van der Waals surface area contributed by atoms with E-state index >= 15 is 0 Å². The Kier molecular flexibility index (Phi) is 9.46. The molecule has 234 valence electrons. The maximum absolute atomic E-state index is 13.6. The molecule has 0 amide bonds. The van der Waals surface area contributed by atoms with Crippen LogP contribution in [-0.2, 0) is 16.4 Å². The van der Waals surface area contributed by atoms with E-state index in [1.165, 1.54) is 0 Å². The third kappa shape index (κ3) is 8.73. The Morgan fingerprint density at radius 2 is 1.70 bits per heavy atom. The van der Waals surface area contributed by atoms with E-state index in [4.69, 9.17) is 0 Å². The second-order valence-electron chi connectivity index (χ2n) is 10.7. The van der Waals surface area contributed by atoms with E-state index in [9.17, 15) is 34.8 Å². The number of anilines is 2. The van der Waals surface area contributed by atoms with Gasteiger partial charge in [-0.3, -0.25) is 0 Å². The van der Waals surface area contributed by atoms with Crippen LogP contribution >= 0.6 is 0 Å². The van der Waals surface area contributed by atoms with Crippen molar-refractivity contribution in [1.29, 1.82) is 0 Å². The number of benzene rings is 2. The van der Waals surface area contributed by atoms with E-state index in [-0.39, 0.29) is 28.9 Å². The summed E-state index contributed by atoms with van der Waals surface area (Å²) in [7, 11) is 0.277. The van der Waals surface area contributed by atoms with Crippen LogP contribution in [0.3, 0.4) is 0 Å². The fourth-order valence-corrected chi connectivity index (χ4v) is 5.82. The van der Waals surface area contributed by atoms with Gasteiger partial charge in [-0.2, -0.15) is 13.2 Å². The lowest BCUT2D eigenvalue weighted by molar-refractivity contribution is -0.274. The Labute approximate surface area is 246 Å². The summed E-state index contributed by atoms with van der Waals surface area (Å²) in [4.78, 5) is 1.82. The van der Waals surface area contributed by atoms with Crippen LogP contribution in [-0.4, -0.2) is 69.4 Å². The number of alkyl halides is 6. The standard InChI is InChI=1S/C29H32F6N4O3S/c1-38(2)20-11-9-19(10-12-20)37-24-7-4-8-26-23(24)16-21(39(26)18-28(30,31)32)6-5-15-36-25-14-13-22(43(3,40)41)17-27(25)42-29(33,34)35/h4,7-8,13-14,16-17,19-20,36-37H,9-12,15,18H2,1-3H3/t19-,20-. The fraction of sp³-hybridized carbons (Fsp3) is 0.448. The third-order valence-corrected chi connectivity index (χ3v) is 8.37. The van der Waals surface area contributed by atoms with E-state index in [1.54, 1.807) is 18.2 Å². The van der Waals surface area contributed by atoms with Gasteiger partial charge in [-0.1, -0.05) is 12.0 Å². The summed E-state index contributed by atoms with van der Waals surface area (Å²) in [5, 5.41) is 6.70. The molecule has 2 N–H and O–H groups in total. The molecule has 0 atom stereocenters. The van der Waals surface area contributed by atoms with Crippen LogP contribution in [0.25, 0.3) is 10.9 Å². The first kappa shape index (κ1) is 32.3. The molecule has 3 aromatic rings. The molecular formula is C29H32F6N4O3S. The normalized spacial score (nSPS) is 17.9. The zero-order chi connectivity index (χ0) is 31.6. The van der Waals surface area contributed by atoms with Crippen LogP contribution in [0.2, 0.25) is 0 Å². The van der Waals surface area contributed by atoms with Gasteiger partial charge in [0, 0.05) is 35.5 Å². The number of rotatable bonds is 8. The highest BCUT2D eigenvalue weighted by Crippen LogP contribution is 2.34. The minimum Gasteiger partial charge on any atom is -0.404 e. The van der Waals surface area contributed by atoms with Crippen LogP contribution in [0, 0.1) is 11.8 Å². The predicted octanol–water partition coefficient (Wildman–Crippen LogP) is 6.25. The molecule has 1 aromatic heterocycles. The van der Waals surface area contributed by atoms with Crippen LogP contribution in [0.15, 0.2) is 47.4 Å². The van der Waals surface area contributed by atoms with Crippen molar-refractivity contribution >= 4 is 32.1 Å². The minimum atomic E-state index is -5.09. The van der Waals surface area contributed by atoms with Crippen molar-refractivity contribution in [2.24, 2.45) is 0 Å². The molecule has 0 bridgehead atoms. The zero-order valence-electron chi connectivity index (χ0n) is 23.7. The number of ether oxygens (including phenoxy) is 1. The zero-order valence-corrected chi connectivity index (χ0v) is 24.6. The number of sulfone groups is 1. The molecule has 43 heavy (non-hydrogen) atoms. The summed E-state index contributed by atoms with van der Waals surface area (Å²) < 4.78 is 108. The second-order valence-corrected chi connectivity index (χ2v) is 12.7. The number of hydrogen-bond donors (Lipinski definition) is 2. The Balaban J connectivity index is 1.59. The molecule has 1 aliphatic rings. The van der Waals surface area contributed by atoms with Gasteiger partial charge in [0.1, 0.15) is 6.54 Å². The molecular weight excluding hydrogens is 598 g/mol. The highest BCUT2D eigenvalue weighted by Gasteiger charge is 2.33. The molecule has 1 saturated carbocycles. The lowest BCUT2D eigenvalue weighted by Crippen LogP contribution is -2.36. The lowest BCUT2D eigenvalue weighted by atomic mass is 9.90. The maximum atomic E-state index is 13.6. The van der Waals surface area contributed by atoms with Gasteiger partial charge in [-0.05, 0) is 76.0 Å². The Morgan fingerprint density at radius 1 is 1.00 bits per heavy atom. The summed E-state index contributed by atoms with van der Waals surface area (Å²) in [6, 6.07) is 10.3. The van der Waals surface area contributed by atoms with Gasteiger partial charge in [0.15, 0.2) is 15.6 Å². The summed E-state index contributed by atoms with van der Waals surface area (Å²) in [6.07, 6.45) is -4.92. The van der Waals surface area contributed by atoms with E-state index in [1.807, 2.05) is 20.2 Å². The Bertz CT molecular complexity index is 1610. The quantitative estimate of drug-likeness (QED) is 0.226. The molecule has 7 nitrogen and oxygen atoms in total. The van der Waals surface area contributed by atoms with Gasteiger partial charge in [0.05, 0.1) is 28.3 Å². The number of nitrogens with zero attached hydrogens (tertiary/aromatic N) is 2. The average Bonchev–Trinajstić information content (AvgIpc) is 3.22. The van der Waals surface area contributed by atoms with E-state index in [0.717, 1.165) is 54.7 Å². The van der Waals surface area contributed by atoms with E-state index in [2.05, 4.69) is 32.1 Å². The number of halogens is 6. The van der Waals surface area contributed by atoms with Crippen molar-refractivity contribution in [2.75, 3.05) is 37.5 Å². The fourth-order valence-electron chi connectivity index (χ4n) is 5.18. The molecule has 4 rings (SSSR count). The minimum absolute atomic E-state index is 0.0823. The number of hydrogen-bond acceptors (Lipinski definition) is 6. The third-order valence-electron chi connectivity index (χ3n) is 7.26. The van der Waals surface area contributed by atoms with Gasteiger partial charge in [0.25, 0.3) is 0 Å². The SMILES string of the molecule is CN(C)[C@H]1CC[C@H](Nc2cccc3c2cc(C#CCNc2ccc(S(C)(=O)=O)cc2OC(F)(F)F)n3CC(F)(F)F)CC1. The highest BCUT2D eigenvalue weighted by atomic mass is 32.2. The molecule has 0 aliphatic heterocycles. The molecule has 0 saturated heterocycles. The number of fused-ring (bicyclic) bond motifs is 1. The molecule has 1 fully saturated rings. The van der Waals surface area contributed by atoms with Gasteiger partial charge < -0.3 is 24.8 Å². The monoisotopic (exact) mass is 630 g/mol. The molecule has 0 unspecified atom stereocenters. The van der Waals surface area contributed by atoms with Crippen molar-refractivity contribution in [3.05, 3.63) is 48.2 Å². The van der Waals surface area contributed by atoms with Crippen molar-refractivity contribution in [1.82, 2.24) is 9.47 Å². The van der Waals surface area contributed by atoms with Gasteiger partial charge in [-0.25, -0.2) is 8.42 Å². The van der Waals surface area contributed by atoms with Crippen LogP contribution < -0.4 is 15.4 Å². The summed E-state index contributed by atoms with van der Waals surface area (Å²) in [5.41, 5.74) is 0.941. The maximum Gasteiger partial charge on any atom is 0.573 e. The molecule has 0 spiro atoms. The Morgan fingerprint density at radius 3 is 2.30 bits per heavy atom. The Hall–Kier alpha value is -3.57. The summed E-state index contributed by atoms with van der Waals surface area (Å²) in [5.74, 6) is 4.59. The first-order valence-electron chi connectivity index (χ1n) is 13.4. The predicted molar refractivity (Wildman–Crippen MR) is 153 cm³/mol. The first-order chi connectivity index (χ1) is 20.0. The molecule has 14 heteroatoms. The summed E-state index contributed by atoms with van der Waals surface area (Å²) in [6.45, 7) is -1.54. The van der Waals surface area contributed by atoms with Crippen molar-refractivity contribution < 1.29 is 39.5 Å².